The second kappa shape index (κ2) is 5.71. The first-order chi connectivity index (χ1) is 5.50. The van der Waals surface area contributed by atoms with Crippen LogP contribution in [0.15, 0.2) is 29.5 Å². The third-order valence-corrected chi connectivity index (χ3v) is 1.45. The minimum atomic E-state index is 1.07. The molecule has 0 spiro atoms. The van der Waals surface area contributed by atoms with Gasteiger partial charge in [-0.2, -0.15) is 0 Å². The molecule has 11 heavy (non-hydrogen) atoms. The Labute approximate surface area is 67.7 Å². The van der Waals surface area contributed by atoms with E-state index in [1.807, 2.05) is 18.6 Å². The van der Waals surface area contributed by atoms with Crippen LogP contribution in [0, 0.1) is 0 Å². The van der Waals surface area contributed by atoms with Crippen molar-refractivity contribution in [2.24, 2.45) is 4.99 Å². The lowest BCUT2D eigenvalue weighted by Gasteiger charge is -1.92. The van der Waals surface area contributed by atoms with Gasteiger partial charge >= 0.3 is 0 Å². The van der Waals surface area contributed by atoms with Crippen LogP contribution in [0.5, 0.6) is 0 Å². The maximum Gasteiger partial charge on any atom is 0.0388 e. The molecule has 2 aliphatic rings. The van der Waals surface area contributed by atoms with Crippen molar-refractivity contribution in [2.45, 2.75) is 19.3 Å². The molecule has 2 heterocycles. The number of dihydropyridines is 1. The number of hydrogen-bond acceptors (Lipinski definition) is 2. The van der Waals surface area contributed by atoms with Crippen molar-refractivity contribution >= 4 is 6.21 Å². The molecular weight excluding hydrogens is 136 g/mol. The quantitative estimate of drug-likeness (QED) is 0.560. The number of allylic oxidation sites excluding steroid dienone is 2. The molecule has 0 aromatic carbocycles. The molecule has 2 heteroatoms. The number of rotatable bonds is 0. The van der Waals surface area contributed by atoms with Crippen molar-refractivity contribution in [3.05, 3.63) is 24.6 Å². The zero-order valence-electron chi connectivity index (χ0n) is 6.66. The van der Waals surface area contributed by atoms with Crippen LogP contribution in [-0.2, 0) is 0 Å². The molecule has 0 radical (unpaired) electrons. The van der Waals surface area contributed by atoms with E-state index in [2.05, 4.69) is 22.5 Å². The third-order valence-electron chi connectivity index (χ3n) is 1.45. The van der Waals surface area contributed by atoms with E-state index in [9.17, 15) is 0 Å². The summed E-state index contributed by atoms with van der Waals surface area (Å²) in [6.07, 6.45) is 13.5. The Morgan fingerprint density at radius 1 is 1.18 bits per heavy atom. The van der Waals surface area contributed by atoms with Gasteiger partial charge in [-0.05, 0) is 37.9 Å². The largest absolute Gasteiger partial charge is 0.368 e. The first kappa shape index (κ1) is 8.05. The molecular formula is C9H14N2. The van der Waals surface area contributed by atoms with Crippen LogP contribution in [0.25, 0.3) is 0 Å². The molecule has 0 amide bonds. The van der Waals surface area contributed by atoms with Crippen LogP contribution >= 0.6 is 0 Å². The zero-order valence-corrected chi connectivity index (χ0v) is 6.66. The Hall–Kier alpha value is -1.05. The molecule has 0 saturated carbocycles. The van der Waals surface area contributed by atoms with Gasteiger partial charge in [-0.15, -0.1) is 0 Å². The second-order valence-electron chi connectivity index (χ2n) is 2.44. The zero-order chi connectivity index (χ0) is 7.78. The summed E-state index contributed by atoms with van der Waals surface area (Å²) in [5.41, 5.74) is 0. The lowest BCUT2D eigenvalue weighted by molar-refractivity contribution is 0.952. The van der Waals surface area contributed by atoms with Crippen molar-refractivity contribution in [3.63, 3.8) is 0 Å². The van der Waals surface area contributed by atoms with Gasteiger partial charge in [0.15, 0.2) is 0 Å². The van der Waals surface area contributed by atoms with Gasteiger partial charge in [-0.1, -0.05) is 12.2 Å². The molecule has 0 saturated heterocycles. The Morgan fingerprint density at radius 2 is 2.00 bits per heavy atom. The molecule has 0 atom stereocenters. The second-order valence-corrected chi connectivity index (χ2v) is 2.44. The Bertz CT molecular complexity index is 142. The van der Waals surface area contributed by atoms with Gasteiger partial charge in [0.2, 0.25) is 0 Å². The summed E-state index contributed by atoms with van der Waals surface area (Å²) in [7, 11) is 0. The summed E-state index contributed by atoms with van der Waals surface area (Å²) in [4.78, 5) is 3.96. The smallest absolute Gasteiger partial charge is 0.0388 e. The van der Waals surface area contributed by atoms with Crippen LogP contribution < -0.4 is 5.32 Å². The number of nitrogens with zero attached hydrogens (tertiary/aromatic N) is 1. The van der Waals surface area contributed by atoms with Gasteiger partial charge < -0.3 is 5.32 Å². The molecule has 0 aromatic heterocycles. The fraction of sp³-hybridized carbons (Fsp3) is 0.444. The summed E-state index contributed by atoms with van der Waals surface area (Å²) in [5.74, 6) is 0. The number of nitrogens with one attached hydrogen (secondary N) is 1. The molecule has 0 fully saturated rings. The lowest BCUT2D eigenvalue weighted by atomic mass is 10.4. The third kappa shape index (κ3) is 4.37. The molecule has 2 nitrogen and oxygen atoms in total. The van der Waals surface area contributed by atoms with Gasteiger partial charge in [-0.25, -0.2) is 0 Å². The van der Waals surface area contributed by atoms with E-state index in [-0.39, 0.29) is 0 Å². The van der Waals surface area contributed by atoms with Crippen LogP contribution in [0.4, 0.5) is 0 Å². The van der Waals surface area contributed by atoms with Crippen LogP contribution in [0.2, 0.25) is 0 Å². The maximum atomic E-state index is 3.96. The van der Waals surface area contributed by atoms with Gasteiger partial charge in [0, 0.05) is 6.54 Å². The highest BCUT2D eigenvalue weighted by Crippen LogP contribution is 1.92. The maximum absolute atomic E-state index is 3.96. The van der Waals surface area contributed by atoms with Crippen LogP contribution in [0.3, 0.4) is 0 Å². The molecule has 0 aliphatic carbocycles. The van der Waals surface area contributed by atoms with Crippen molar-refractivity contribution < 1.29 is 0 Å². The van der Waals surface area contributed by atoms with Crippen LogP contribution in [-0.4, -0.2) is 12.8 Å². The molecule has 2 aliphatic heterocycles. The van der Waals surface area contributed by atoms with Gasteiger partial charge in [0.25, 0.3) is 0 Å². The Balaban J connectivity index is 0.000000112. The van der Waals surface area contributed by atoms with Crippen molar-refractivity contribution in [2.75, 3.05) is 6.54 Å². The van der Waals surface area contributed by atoms with Crippen molar-refractivity contribution in [1.29, 1.82) is 0 Å². The Morgan fingerprint density at radius 3 is 2.18 bits per heavy atom. The number of aliphatic imine (C=N–C) groups is 1. The van der Waals surface area contributed by atoms with E-state index < -0.39 is 0 Å². The summed E-state index contributed by atoms with van der Waals surface area (Å²) in [5, 5.41) is 2.92. The van der Waals surface area contributed by atoms with Crippen LogP contribution in [0.1, 0.15) is 19.3 Å². The highest BCUT2D eigenvalue weighted by atomic mass is 14.8. The first-order valence-corrected chi connectivity index (χ1v) is 4.04. The first-order valence-electron chi connectivity index (χ1n) is 4.04. The summed E-state index contributed by atoms with van der Waals surface area (Å²) >= 11 is 0. The molecule has 0 aromatic rings. The van der Waals surface area contributed by atoms with Crippen molar-refractivity contribution in [1.82, 2.24) is 5.32 Å². The molecule has 60 valence electrons. The molecule has 0 bridgehead atoms. The standard InChI is InChI=1S/C5H7N.C4H7N/c1-2-4-6-5-3-1;1-2-4-5-3-1/h2-6H,1H2;3H,1-2,4H2. The predicted molar refractivity (Wildman–Crippen MR) is 48.6 cm³/mol. The van der Waals surface area contributed by atoms with E-state index in [4.69, 9.17) is 0 Å². The van der Waals surface area contributed by atoms with E-state index >= 15 is 0 Å². The van der Waals surface area contributed by atoms with Gasteiger partial charge in [0.05, 0.1) is 0 Å². The average Bonchev–Trinajstić information content (AvgIpc) is 2.64. The fourth-order valence-corrected chi connectivity index (χ4v) is 0.863. The monoisotopic (exact) mass is 150 g/mol. The van der Waals surface area contributed by atoms with Gasteiger partial charge in [-0.3, -0.25) is 4.99 Å². The highest BCUT2D eigenvalue weighted by molar-refractivity contribution is 5.58. The fourth-order valence-electron chi connectivity index (χ4n) is 0.863. The average molecular weight is 150 g/mol. The predicted octanol–water partition coefficient (Wildman–Crippen LogP) is 1.86. The summed E-state index contributed by atoms with van der Waals surface area (Å²) in [6, 6.07) is 0. The van der Waals surface area contributed by atoms with Crippen molar-refractivity contribution in [3.8, 4) is 0 Å². The minimum absolute atomic E-state index is 1.07. The molecule has 1 N–H and O–H groups in total. The summed E-state index contributed by atoms with van der Waals surface area (Å²) < 4.78 is 0. The normalized spacial score (nSPS) is 18.9. The minimum Gasteiger partial charge on any atom is -0.368 e. The molecule has 0 unspecified atom stereocenters. The van der Waals surface area contributed by atoms with Gasteiger partial charge in [0.1, 0.15) is 0 Å². The number of hydrogen-bond donors (Lipinski definition) is 1. The topological polar surface area (TPSA) is 24.4 Å². The van der Waals surface area contributed by atoms with E-state index in [1.165, 1.54) is 12.8 Å². The SMILES string of the molecule is C1=CNC=CC1.C1=NCCC1. The van der Waals surface area contributed by atoms with E-state index in [0.29, 0.717) is 0 Å². The highest BCUT2D eigenvalue weighted by Gasteiger charge is 1.85. The van der Waals surface area contributed by atoms with E-state index in [0.717, 1.165) is 13.0 Å². The van der Waals surface area contributed by atoms with E-state index in [1.54, 1.807) is 0 Å². The summed E-state index contributed by atoms with van der Waals surface area (Å²) in [6.45, 7) is 1.07. The molecule has 2 rings (SSSR count). The lowest BCUT2D eigenvalue weighted by Crippen LogP contribution is -1.93. The Kier molecular flexibility index (Phi) is 4.18.